The molecule has 0 saturated carbocycles. The van der Waals surface area contributed by atoms with Crippen LogP contribution in [0.25, 0.3) is 0 Å². The molecule has 0 saturated heterocycles. The van der Waals surface area contributed by atoms with Gasteiger partial charge in [0.25, 0.3) is 0 Å². The summed E-state index contributed by atoms with van der Waals surface area (Å²) in [6.45, 7) is 4.58. The lowest BCUT2D eigenvalue weighted by Gasteiger charge is -2.15. The van der Waals surface area contributed by atoms with Crippen molar-refractivity contribution < 1.29 is 9.53 Å². The van der Waals surface area contributed by atoms with Gasteiger partial charge in [-0.25, -0.2) is 0 Å². The van der Waals surface area contributed by atoms with E-state index in [-0.39, 0.29) is 5.78 Å². The Balaban J connectivity index is 2.43. The predicted molar refractivity (Wildman–Crippen MR) is 76.5 cm³/mol. The molecule has 100 valence electrons. The van der Waals surface area contributed by atoms with E-state index in [9.17, 15) is 4.79 Å². The number of thioether (sulfide) groups is 1. The van der Waals surface area contributed by atoms with Crippen molar-refractivity contribution in [1.29, 1.82) is 0 Å². The highest BCUT2D eigenvalue weighted by molar-refractivity contribution is 7.98. The predicted octanol–water partition coefficient (Wildman–Crippen LogP) is 2.56. The van der Waals surface area contributed by atoms with Gasteiger partial charge in [-0.15, -0.1) is 11.8 Å². The second kappa shape index (κ2) is 8.29. The van der Waals surface area contributed by atoms with Crippen LogP contribution in [0.4, 0.5) is 0 Å². The van der Waals surface area contributed by atoms with Crippen LogP contribution in [-0.2, 0) is 4.74 Å². The fraction of sp³-hybridized carbons (Fsp3) is 0.500. The highest BCUT2D eigenvalue weighted by Gasteiger charge is 2.09. The van der Waals surface area contributed by atoms with Crippen LogP contribution >= 0.6 is 11.8 Å². The zero-order valence-corrected chi connectivity index (χ0v) is 12.1. The van der Waals surface area contributed by atoms with E-state index < -0.39 is 0 Å². The molecule has 0 heterocycles. The maximum absolute atomic E-state index is 12.0. The summed E-state index contributed by atoms with van der Waals surface area (Å²) < 4.78 is 5.27. The SMILES string of the molecule is CCOCCN(C)CC(=O)c1ccc(SC)cc1. The molecule has 1 aromatic carbocycles. The monoisotopic (exact) mass is 267 g/mol. The Kier molecular flexibility index (Phi) is 7.01. The smallest absolute Gasteiger partial charge is 0.176 e. The number of ether oxygens (including phenoxy) is 1. The van der Waals surface area contributed by atoms with Crippen LogP contribution in [0.5, 0.6) is 0 Å². The van der Waals surface area contributed by atoms with Crippen LogP contribution in [0.3, 0.4) is 0 Å². The van der Waals surface area contributed by atoms with Crippen molar-refractivity contribution in [3.63, 3.8) is 0 Å². The van der Waals surface area contributed by atoms with Gasteiger partial charge in [-0.2, -0.15) is 0 Å². The van der Waals surface area contributed by atoms with E-state index in [1.54, 1.807) is 11.8 Å². The molecule has 0 radical (unpaired) electrons. The quantitative estimate of drug-likeness (QED) is 0.411. The van der Waals surface area contributed by atoms with Gasteiger partial charge in [0.05, 0.1) is 13.2 Å². The number of ketones is 1. The largest absolute Gasteiger partial charge is 0.380 e. The number of Topliss-reactive ketones (excluding diaryl/α,β-unsaturated/α-hetero) is 1. The zero-order valence-electron chi connectivity index (χ0n) is 11.3. The third-order valence-electron chi connectivity index (χ3n) is 2.65. The summed E-state index contributed by atoms with van der Waals surface area (Å²) in [5, 5.41) is 0. The van der Waals surface area contributed by atoms with Crippen LogP contribution in [0, 0.1) is 0 Å². The molecule has 4 heteroatoms. The Morgan fingerprint density at radius 3 is 2.56 bits per heavy atom. The molecule has 0 N–H and O–H groups in total. The van der Waals surface area contributed by atoms with Gasteiger partial charge in [0.2, 0.25) is 0 Å². The molecule has 0 aliphatic heterocycles. The molecule has 0 aliphatic carbocycles. The fourth-order valence-electron chi connectivity index (χ4n) is 1.56. The number of benzene rings is 1. The topological polar surface area (TPSA) is 29.5 Å². The van der Waals surface area contributed by atoms with E-state index in [4.69, 9.17) is 4.74 Å². The minimum Gasteiger partial charge on any atom is -0.380 e. The first-order valence-corrected chi connectivity index (χ1v) is 7.33. The zero-order chi connectivity index (χ0) is 13.4. The van der Waals surface area contributed by atoms with Gasteiger partial charge in [0, 0.05) is 23.6 Å². The number of hydrogen-bond donors (Lipinski definition) is 0. The third-order valence-corrected chi connectivity index (χ3v) is 3.39. The number of carbonyl (C=O) groups is 1. The molecule has 0 aromatic heterocycles. The van der Waals surface area contributed by atoms with Gasteiger partial charge in [-0.3, -0.25) is 9.69 Å². The van der Waals surface area contributed by atoms with Gasteiger partial charge in [0.1, 0.15) is 0 Å². The molecule has 1 rings (SSSR count). The third kappa shape index (κ3) is 5.21. The molecule has 1 aromatic rings. The van der Waals surface area contributed by atoms with E-state index in [1.807, 2.05) is 49.4 Å². The Labute approximate surface area is 114 Å². The maximum Gasteiger partial charge on any atom is 0.176 e. The van der Waals surface area contributed by atoms with Gasteiger partial charge in [-0.05, 0) is 32.4 Å². The summed E-state index contributed by atoms with van der Waals surface area (Å²) in [5.41, 5.74) is 0.774. The number of likely N-dealkylation sites (N-methyl/N-ethyl adjacent to an activating group) is 1. The Bertz CT molecular complexity index is 365. The molecular formula is C14H21NO2S. The van der Waals surface area contributed by atoms with Crippen molar-refractivity contribution in [3.8, 4) is 0 Å². The fourth-order valence-corrected chi connectivity index (χ4v) is 1.97. The van der Waals surface area contributed by atoms with Crippen molar-refractivity contribution in [2.45, 2.75) is 11.8 Å². The maximum atomic E-state index is 12.0. The highest BCUT2D eigenvalue weighted by Crippen LogP contribution is 2.15. The highest BCUT2D eigenvalue weighted by atomic mass is 32.2. The van der Waals surface area contributed by atoms with E-state index in [0.29, 0.717) is 13.2 Å². The average molecular weight is 267 g/mol. The summed E-state index contributed by atoms with van der Waals surface area (Å²) in [6.07, 6.45) is 2.03. The Morgan fingerprint density at radius 2 is 2.00 bits per heavy atom. The van der Waals surface area contributed by atoms with Crippen LogP contribution < -0.4 is 0 Å². The Morgan fingerprint density at radius 1 is 1.33 bits per heavy atom. The van der Waals surface area contributed by atoms with Crippen molar-refractivity contribution in [3.05, 3.63) is 29.8 Å². The van der Waals surface area contributed by atoms with Gasteiger partial charge < -0.3 is 4.74 Å². The second-order valence-corrected chi connectivity index (χ2v) is 4.97. The molecule has 0 aliphatic rings. The van der Waals surface area contributed by atoms with Crippen LogP contribution in [0.15, 0.2) is 29.2 Å². The number of hydrogen-bond acceptors (Lipinski definition) is 4. The number of nitrogens with zero attached hydrogens (tertiary/aromatic N) is 1. The summed E-state index contributed by atoms with van der Waals surface area (Å²) in [6, 6.07) is 7.76. The van der Waals surface area contributed by atoms with Gasteiger partial charge in [-0.1, -0.05) is 12.1 Å². The lowest BCUT2D eigenvalue weighted by Crippen LogP contribution is -2.29. The van der Waals surface area contributed by atoms with E-state index in [2.05, 4.69) is 0 Å². The molecule has 0 atom stereocenters. The molecule has 0 spiro atoms. The molecule has 0 unspecified atom stereocenters. The van der Waals surface area contributed by atoms with Crippen molar-refractivity contribution in [2.24, 2.45) is 0 Å². The normalized spacial score (nSPS) is 10.9. The lowest BCUT2D eigenvalue weighted by atomic mass is 10.1. The standard InChI is InChI=1S/C14H21NO2S/c1-4-17-10-9-15(2)11-14(16)12-5-7-13(18-3)8-6-12/h5-8H,4,9-11H2,1-3H3. The second-order valence-electron chi connectivity index (χ2n) is 4.09. The summed E-state index contributed by atoms with van der Waals surface area (Å²) in [4.78, 5) is 15.2. The van der Waals surface area contributed by atoms with Crippen molar-refractivity contribution >= 4 is 17.5 Å². The minimum atomic E-state index is 0.154. The first-order chi connectivity index (χ1) is 8.67. The van der Waals surface area contributed by atoms with Crippen LogP contribution in [0.2, 0.25) is 0 Å². The molecular weight excluding hydrogens is 246 g/mol. The molecule has 18 heavy (non-hydrogen) atoms. The average Bonchev–Trinajstić information content (AvgIpc) is 2.39. The number of carbonyl (C=O) groups excluding carboxylic acids is 1. The summed E-state index contributed by atoms with van der Waals surface area (Å²) in [5.74, 6) is 0.154. The first-order valence-electron chi connectivity index (χ1n) is 6.11. The molecule has 0 fully saturated rings. The van der Waals surface area contributed by atoms with Crippen molar-refractivity contribution in [1.82, 2.24) is 4.90 Å². The van der Waals surface area contributed by atoms with E-state index in [1.165, 1.54) is 4.90 Å². The van der Waals surface area contributed by atoms with E-state index >= 15 is 0 Å². The van der Waals surface area contributed by atoms with Gasteiger partial charge >= 0.3 is 0 Å². The summed E-state index contributed by atoms with van der Waals surface area (Å²) >= 11 is 1.68. The number of rotatable bonds is 8. The van der Waals surface area contributed by atoms with Gasteiger partial charge in [0.15, 0.2) is 5.78 Å². The molecule has 3 nitrogen and oxygen atoms in total. The molecule has 0 amide bonds. The Hall–Kier alpha value is -0.840. The van der Waals surface area contributed by atoms with Crippen molar-refractivity contribution in [2.75, 3.05) is 39.6 Å². The first kappa shape index (κ1) is 15.2. The summed E-state index contributed by atoms with van der Waals surface area (Å²) in [7, 11) is 1.94. The van der Waals surface area contributed by atoms with Crippen LogP contribution in [0.1, 0.15) is 17.3 Å². The lowest BCUT2D eigenvalue weighted by molar-refractivity contribution is 0.0896. The van der Waals surface area contributed by atoms with E-state index in [0.717, 1.165) is 18.7 Å². The minimum absolute atomic E-state index is 0.154. The molecule has 0 bridgehead atoms. The van der Waals surface area contributed by atoms with Crippen LogP contribution in [-0.4, -0.2) is 50.3 Å².